The van der Waals surface area contributed by atoms with Crippen molar-refractivity contribution in [1.29, 1.82) is 0 Å². The van der Waals surface area contributed by atoms with Gasteiger partial charge in [0.2, 0.25) is 0 Å². The van der Waals surface area contributed by atoms with Crippen LogP contribution in [0.25, 0.3) is 0 Å². The predicted octanol–water partition coefficient (Wildman–Crippen LogP) is 3.71. The third kappa shape index (κ3) is 3.08. The van der Waals surface area contributed by atoms with Gasteiger partial charge in [0.15, 0.2) is 0 Å². The number of aryl methyl sites for hydroxylation is 3. The topological polar surface area (TPSA) is 12.0 Å². The Morgan fingerprint density at radius 1 is 1.00 bits per heavy atom. The minimum absolute atomic E-state index is 0.580. The maximum Gasteiger partial charge on any atom is 0.00414 e. The summed E-state index contributed by atoms with van der Waals surface area (Å²) in [5.74, 6) is 0.627. The summed E-state index contributed by atoms with van der Waals surface area (Å²) in [7, 11) is 2.03. The first kappa shape index (κ1) is 13.2. The highest BCUT2D eigenvalue weighted by molar-refractivity contribution is 5.38. The van der Waals surface area contributed by atoms with Gasteiger partial charge in [-0.1, -0.05) is 19.1 Å². The molecule has 1 N–H and O–H groups in total. The van der Waals surface area contributed by atoms with Crippen molar-refractivity contribution in [3.05, 3.63) is 34.4 Å². The Balaban J connectivity index is 2.91. The third-order valence-electron chi connectivity index (χ3n) is 3.61. The van der Waals surface area contributed by atoms with Crippen molar-refractivity contribution in [2.24, 2.45) is 0 Å². The first-order chi connectivity index (χ1) is 7.45. The largest absolute Gasteiger partial charge is 0.317 e. The van der Waals surface area contributed by atoms with Crippen LogP contribution in [0.5, 0.6) is 0 Å². The van der Waals surface area contributed by atoms with Crippen LogP contribution in [0, 0.1) is 20.8 Å². The van der Waals surface area contributed by atoms with Gasteiger partial charge in [-0.15, -0.1) is 0 Å². The molecular weight excluding hydrogens is 194 g/mol. The average Bonchev–Trinajstić information content (AvgIpc) is 2.23. The van der Waals surface area contributed by atoms with Gasteiger partial charge in [-0.25, -0.2) is 0 Å². The van der Waals surface area contributed by atoms with Crippen LogP contribution in [0.1, 0.15) is 48.4 Å². The molecule has 16 heavy (non-hydrogen) atoms. The molecule has 1 aromatic rings. The standard InChI is InChI=1S/C15H25N/c1-10-7-12(3)15(9-11(10)2)13(4)8-14(5)16-6/h7,9,13-14,16H,8H2,1-6H3. The van der Waals surface area contributed by atoms with E-state index < -0.39 is 0 Å². The summed E-state index contributed by atoms with van der Waals surface area (Å²) in [6.45, 7) is 11.2. The second-order valence-corrected chi connectivity index (χ2v) is 5.12. The van der Waals surface area contributed by atoms with Crippen molar-refractivity contribution in [2.45, 2.75) is 53.0 Å². The van der Waals surface area contributed by atoms with Gasteiger partial charge in [-0.2, -0.15) is 0 Å². The van der Waals surface area contributed by atoms with Crippen LogP contribution in [0.4, 0.5) is 0 Å². The lowest BCUT2D eigenvalue weighted by Gasteiger charge is -2.20. The highest BCUT2D eigenvalue weighted by Crippen LogP contribution is 2.26. The van der Waals surface area contributed by atoms with E-state index >= 15 is 0 Å². The van der Waals surface area contributed by atoms with Crippen LogP contribution in [0.2, 0.25) is 0 Å². The molecule has 90 valence electrons. The molecule has 0 aliphatic heterocycles. The molecular formula is C15H25N. The molecule has 0 spiro atoms. The third-order valence-corrected chi connectivity index (χ3v) is 3.61. The van der Waals surface area contributed by atoms with E-state index in [2.05, 4.69) is 52.1 Å². The van der Waals surface area contributed by atoms with Crippen molar-refractivity contribution in [3.8, 4) is 0 Å². The maximum atomic E-state index is 3.31. The van der Waals surface area contributed by atoms with E-state index in [0.717, 1.165) is 0 Å². The second kappa shape index (κ2) is 5.49. The highest BCUT2D eigenvalue weighted by Gasteiger charge is 2.12. The van der Waals surface area contributed by atoms with Crippen LogP contribution >= 0.6 is 0 Å². The molecule has 1 nitrogen and oxygen atoms in total. The lowest BCUT2D eigenvalue weighted by molar-refractivity contribution is 0.515. The van der Waals surface area contributed by atoms with Gasteiger partial charge in [0, 0.05) is 6.04 Å². The first-order valence-corrected chi connectivity index (χ1v) is 6.20. The summed E-state index contributed by atoms with van der Waals surface area (Å²) >= 11 is 0. The molecule has 0 radical (unpaired) electrons. The first-order valence-electron chi connectivity index (χ1n) is 6.20. The van der Waals surface area contributed by atoms with E-state index in [4.69, 9.17) is 0 Å². The Labute approximate surface area is 100 Å². The number of benzene rings is 1. The summed E-state index contributed by atoms with van der Waals surface area (Å²) in [5.41, 5.74) is 5.74. The van der Waals surface area contributed by atoms with E-state index in [-0.39, 0.29) is 0 Å². The fourth-order valence-corrected chi connectivity index (χ4v) is 2.29. The molecule has 0 saturated carbocycles. The van der Waals surface area contributed by atoms with Crippen molar-refractivity contribution < 1.29 is 0 Å². The van der Waals surface area contributed by atoms with Crippen LogP contribution in [0.3, 0.4) is 0 Å². The van der Waals surface area contributed by atoms with Gasteiger partial charge in [0.05, 0.1) is 0 Å². The molecule has 0 fully saturated rings. The van der Waals surface area contributed by atoms with Crippen LogP contribution in [-0.4, -0.2) is 13.1 Å². The Morgan fingerprint density at radius 3 is 2.12 bits per heavy atom. The molecule has 2 atom stereocenters. The molecule has 0 aromatic heterocycles. The average molecular weight is 219 g/mol. The van der Waals surface area contributed by atoms with Gasteiger partial charge >= 0.3 is 0 Å². The summed E-state index contributed by atoms with van der Waals surface area (Å²) in [6.07, 6.45) is 1.19. The summed E-state index contributed by atoms with van der Waals surface area (Å²) in [4.78, 5) is 0. The van der Waals surface area contributed by atoms with E-state index in [1.54, 1.807) is 0 Å². The van der Waals surface area contributed by atoms with Gasteiger partial charge < -0.3 is 5.32 Å². The van der Waals surface area contributed by atoms with Crippen molar-refractivity contribution in [2.75, 3.05) is 7.05 Å². The minimum atomic E-state index is 0.580. The zero-order valence-electron chi connectivity index (χ0n) is 11.5. The Kier molecular flexibility index (Phi) is 4.55. The van der Waals surface area contributed by atoms with Gasteiger partial charge in [-0.05, 0) is 69.3 Å². The smallest absolute Gasteiger partial charge is 0.00414 e. The fraction of sp³-hybridized carbons (Fsp3) is 0.600. The zero-order valence-corrected chi connectivity index (χ0v) is 11.5. The summed E-state index contributed by atoms with van der Waals surface area (Å²) in [6, 6.07) is 5.25. The Hall–Kier alpha value is -0.820. The normalized spacial score (nSPS) is 14.9. The van der Waals surface area contributed by atoms with E-state index in [0.29, 0.717) is 12.0 Å². The second-order valence-electron chi connectivity index (χ2n) is 5.12. The minimum Gasteiger partial charge on any atom is -0.317 e. The molecule has 0 aliphatic carbocycles. The molecule has 1 aromatic carbocycles. The van der Waals surface area contributed by atoms with Crippen LogP contribution in [-0.2, 0) is 0 Å². The zero-order chi connectivity index (χ0) is 12.3. The van der Waals surface area contributed by atoms with E-state index in [9.17, 15) is 0 Å². The molecule has 0 heterocycles. The number of hydrogen-bond donors (Lipinski definition) is 1. The van der Waals surface area contributed by atoms with E-state index in [1.807, 2.05) is 7.05 Å². The Morgan fingerprint density at radius 2 is 1.56 bits per heavy atom. The number of nitrogens with one attached hydrogen (secondary N) is 1. The SMILES string of the molecule is CNC(C)CC(C)c1cc(C)c(C)cc1C. The molecule has 0 amide bonds. The van der Waals surface area contributed by atoms with E-state index in [1.165, 1.54) is 28.7 Å². The van der Waals surface area contributed by atoms with Gasteiger partial charge in [0.1, 0.15) is 0 Å². The lowest BCUT2D eigenvalue weighted by atomic mass is 9.88. The Bertz CT molecular complexity index is 355. The molecule has 1 rings (SSSR count). The summed E-state index contributed by atoms with van der Waals surface area (Å²) < 4.78 is 0. The molecule has 0 aliphatic rings. The number of hydrogen-bond acceptors (Lipinski definition) is 1. The van der Waals surface area contributed by atoms with Crippen molar-refractivity contribution in [3.63, 3.8) is 0 Å². The van der Waals surface area contributed by atoms with Crippen molar-refractivity contribution in [1.82, 2.24) is 5.32 Å². The number of rotatable bonds is 4. The monoisotopic (exact) mass is 219 g/mol. The highest BCUT2D eigenvalue weighted by atomic mass is 14.8. The van der Waals surface area contributed by atoms with Crippen molar-refractivity contribution >= 4 is 0 Å². The fourth-order valence-electron chi connectivity index (χ4n) is 2.29. The predicted molar refractivity (Wildman–Crippen MR) is 72.2 cm³/mol. The van der Waals surface area contributed by atoms with Crippen LogP contribution in [0.15, 0.2) is 12.1 Å². The van der Waals surface area contributed by atoms with Gasteiger partial charge in [-0.3, -0.25) is 0 Å². The van der Waals surface area contributed by atoms with Gasteiger partial charge in [0.25, 0.3) is 0 Å². The van der Waals surface area contributed by atoms with Crippen LogP contribution < -0.4 is 5.32 Å². The molecule has 0 saturated heterocycles. The quantitative estimate of drug-likeness (QED) is 0.814. The lowest BCUT2D eigenvalue weighted by Crippen LogP contribution is -2.23. The maximum absolute atomic E-state index is 3.31. The summed E-state index contributed by atoms with van der Waals surface area (Å²) in [5, 5.41) is 3.31. The molecule has 2 unspecified atom stereocenters. The molecule has 0 bridgehead atoms. The molecule has 1 heteroatoms.